The molecule has 3 rings (SSSR count). The van der Waals surface area contributed by atoms with Crippen LogP contribution < -0.4 is 11.0 Å². The van der Waals surface area contributed by atoms with Crippen LogP contribution in [0, 0.1) is 6.92 Å². The highest BCUT2D eigenvalue weighted by Crippen LogP contribution is 2.22. The minimum atomic E-state index is -3.94. The maximum absolute atomic E-state index is 13.1. The van der Waals surface area contributed by atoms with E-state index in [4.69, 9.17) is 0 Å². The number of carbonyl (C=O) groups is 1. The van der Waals surface area contributed by atoms with Gasteiger partial charge in [-0.2, -0.15) is 4.31 Å². The number of carbonyl (C=O) groups excluding carboxylic acids is 1. The predicted octanol–water partition coefficient (Wildman–Crippen LogP) is 2.20. The fourth-order valence-electron chi connectivity index (χ4n) is 2.97. The minimum Gasteiger partial charge on any atom is -0.325 e. The number of anilines is 1. The third-order valence-electron chi connectivity index (χ3n) is 4.54. The molecule has 3 N–H and O–H groups in total. The van der Waals surface area contributed by atoms with Crippen molar-refractivity contribution in [3.63, 3.8) is 0 Å². The topological polar surface area (TPSA) is 115 Å². The van der Waals surface area contributed by atoms with Gasteiger partial charge >= 0.3 is 5.69 Å². The molecule has 0 saturated heterocycles. The largest absolute Gasteiger partial charge is 0.325 e. The summed E-state index contributed by atoms with van der Waals surface area (Å²) < 4.78 is 27.3. The van der Waals surface area contributed by atoms with Crippen molar-refractivity contribution in [1.82, 2.24) is 14.3 Å². The molecule has 2 aromatic carbocycles. The molecule has 0 spiro atoms. The van der Waals surface area contributed by atoms with Gasteiger partial charge in [-0.1, -0.05) is 24.6 Å². The van der Waals surface area contributed by atoms with Crippen LogP contribution in [-0.4, -0.2) is 41.2 Å². The van der Waals surface area contributed by atoms with Crippen molar-refractivity contribution in [1.29, 1.82) is 0 Å². The Balaban J connectivity index is 1.87. The molecule has 1 aromatic heterocycles. The van der Waals surface area contributed by atoms with Gasteiger partial charge in [-0.3, -0.25) is 4.79 Å². The number of H-pyrrole nitrogens is 2. The molecule has 1 atom stereocenters. The second kappa shape index (κ2) is 7.61. The van der Waals surface area contributed by atoms with Gasteiger partial charge in [0.1, 0.15) is 6.04 Å². The standard InChI is InChI=1S/C19H22N4O4S/c1-4-23(13(3)18(24)20-14-7-5-12(2)6-8-14)28(26,27)15-9-10-16-17(11-15)22-19(25)21-16/h5-11,13H,4H2,1-3H3,(H,20,24)(H2,21,22,25)/t13-/m1/s1. The smallest absolute Gasteiger partial charge is 0.323 e. The number of aryl methyl sites for hydroxylation is 1. The van der Waals surface area contributed by atoms with E-state index in [1.165, 1.54) is 18.2 Å². The van der Waals surface area contributed by atoms with Gasteiger partial charge in [-0.25, -0.2) is 13.2 Å². The third-order valence-corrected chi connectivity index (χ3v) is 6.58. The number of fused-ring (bicyclic) bond motifs is 1. The van der Waals surface area contributed by atoms with Crippen LogP contribution in [0.3, 0.4) is 0 Å². The molecule has 1 amide bonds. The van der Waals surface area contributed by atoms with Crippen molar-refractivity contribution in [2.45, 2.75) is 31.7 Å². The van der Waals surface area contributed by atoms with E-state index < -0.39 is 27.7 Å². The molecule has 0 radical (unpaired) electrons. The van der Waals surface area contributed by atoms with Crippen molar-refractivity contribution < 1.29 is 13.2 Å². The van der Waals surface area contributed by atoms with Crippen LogP contribution in [-0.2, 0) is 14.8 Å². The molecule has 0 aliphatic heterocycles. The number of benzene rings is 2. The van der Waals surface area contributed by atoms with E-state index in [2.05, 4.69) is 15.3 Å². The SMILES string of the molecule is CCN([C@H](C)C(=O)Nc1ccc(C)cc1)S(=O)(=O)c1ccc2[nH]c(=O)[nH]c2c1. The van der Waals surface area contributed by atoms with Crippen LogP contribution in [0.2, 0.25) is 0 Å². The fraction of sp³-hybridized carbons (Fsp3) is 0.263. The number of imidazole rings is 1. The molecule has 9 heteroatoms. The normalized spacial score (nSPS) is 13.0. The van der Waals surface area contributed by atoms with Gasteiger partial charge < -0.3 is 15.3 Å². The Bertz CT molecular complexity index is 1160. The van der Waals surface area contributed by atoms with Gasteiger partial charge in [-0.05, 0) is 44.2 Å². The van der Waals surface area contributed by atoms with Crippen molar-refractivity contribution in [3.8, 4) is 0 Å². The first kappa shape index (κ1) is 19.8. The highest BCUT2D eigenvalue weighted by molar-refractivity contribution is 7.89. The first-order valence-electron chi connectivity index (χ1n) is 8.84. The molecule has 1 heterocycles. The molecular formula is C19H22N4O4S. The highest BCUT2D eigenvalue weighted by atomic mass is 32.2. The minimum absolute atomic E-state index is 0.00656. The summed E-state index contributed by atoms with van der Waals surface area (Å²) in [4.78, 5) is 29.1. The Morgan fingerprint density at radius 1 is 1.11 bits per heavy atom. The number of nitrogens with one attached hydrogen (secondary N) is 3. The number of hydrogen-bond donors (Lipinski definition) is 3. The van der Waals surface area contributed by atoms with Gasteiger partial charge in [0, 0.05) is 12.2 Å². The lowest BCUT2D eigenvalue weighted by Gasteiger charge is -2.26. The predicted molar refractivity (Wildman–Crippen MR) is 108 cm³/mol. The van der Waals surface area contributed by atoms with Gasteiger partial charge in [0.15, 0.2) is 0 Å². The number of nitrogens with zero attached hydrogens (tertiary/aromatic N) is 1. The van der Waals surface area contributed by atoms with E-state index >= 15 is 0 Å². The Morgan fingerprint density at radius 3 is 2.39 bits per heavy atom. The number of hydrogen-bond acceptors (Lipinski definition) is 4. The average molecular weight is 402 g/mol. The lowest BCUT2D eigenvalue weighted by Crippen LogP contribution is -2.45. The number of aromatic amines is 2. The van der Waals surface area contributed by atoms with Crippen LogP contribution in [0.5, 0.6) is 0 Å². The quantitative estimate of drug-likeness (QED) is 0.586. The summed E-state index contributed by atoms with van der Waals surface area (Å²) >= 11 is 0. The van der Waals surface area contributed by atoms with E-state index in [0.29, 0.717) is 16.7 Å². The highest BCUT2D eigenvalue weighted by Gasteiger charge is 2.32. The van der Waals surface area contributed by atoms with Crippen LogP contribution in [0.15, 0.2) is 52.2 Å². The average Bonchev–Trinajstić information content (AvgIpc) is 3.03. The number of amides is 1. The van der Waals surface area contributed by atoms with E-state index in [9.17, 15) is 18.0 Å². The Kier molecular flexibility index (Phi) is 5.39. The summed E-state index contributed by atoms with van der Waals surface area (Å²) in [5.41, 5.74) is 2.14. The lowest BCUT2D eigenvalue weighted by molar-refractivity contribution is -0.119. The molecule has 8 nitrogen and oxygen atoms in total. The maximum Gasteiger partial charge on any atom is 0.323 e. The monoisotopic (exact) mass is 402 g/mol. The molecule has 0 unspecified atom stereocenters. The second-order valence-electron chi connectivity index (χ2n) is 6.53. The van der Waals surface area contributed by atoms with E-state index in [-0.39, 0.29) is 11.4 Å². The van der Waals surface area contributed by atoms with Crippen molar-refractivity contribution >= 4 is 32.7 Å². The van der Waals surface area contributed by atoms with E-state index in [1.54, 1.807) is 26.0 Å². The fourth-order valence-corrected chi connectivity index (χ4v) is 4.60. The van der Waals surface area contributed by atoms with E-state index in [1.807, 2.05) is 19.1 Å². The zero-order valence-electron chi connectivity index (χ0n) is 15.8. The van der Waals surface area contributed by atoms with Crippen LogP contribution in [0.25, 0.3) is 11.0 Å². The number of aromatic nitrogens is 2. The molecule has 0 fully saturated rings. The third kappa shape index (κ3) is 3.85. The molecule has 0 aliphatic carbocycles. The number of sulfonamides is 1. The number of likely N-dealkylation sites (N-methyl/N-ethyl adjacent to an activating group) is 1. The summed E-state index contributed by atoms with van der Waals surface area (Å²) in [6.45, 7) is 5.27. The zero-order valence-corrected chi connectivity index (χ0v) is 16.6. The van der Waals surface area contributed by atoms with E-state index in [0.717, 1.165) is 9.87 Å². The summed E-state index contributed by atoms with van der Waals surface area (Å²) in [5, 5.41) is 2.74. The molecular weight excluding hydrogens is 380 g/mol. The first-order valence-corrected chi connectivity index (χ1v) is 10.3. The summed E-state index contributed by atoms with van der Waals surface area (Å²) in [6.07, 6.45) is 0. The molecule has 3 aromatic rings. The molecule has 28 heavy (non-hydrogen) atoms. The van der Waals surface area contributed by atoms with Gasteiger partial charge in [0.25, 0.3) is 0 Å². The van der Waals surface area contributed by atoms with Crippen molar-refractivity contribution in [2.75, 3.05) is 11.9 Å². The van der Waals surface area contributed by atoms with Crippen molar-refractivity contribution in [3.05, 3.63) is 58.5 Å². The Labute approximate surface area is 162 Å². The van der Waals surface area contributed by atoms with Crippen LogP contribution >= 0.6 is 0 Å². The first-order chi connectivity index (χ1) is 13.2. The summed E-state index contributed by atoms with van der Waals surface area (Å²) in [7, 11) is -3.94. The van der Waals surface area contributed by atoms with Gasteiger partial charge in [0.2, 0.25) is 15.9 Å². The molecule has 0 saturated carbocycles. The maximum atomic E-state index is 13.1. The molecule has 0 aliphatic rings. The van der Waals surface area contributed by atoms with Crippen LogP contribution in [0.4, 0.5) is 5.69 Å². The zero-order chi connectivity index (χ0) is 20.5. The van der Waals surface area contributed by atoms with Crippen LogP contribution in [0.1, 0.15) is 19.4 Å². The Hall–Kier alpha value is -2.91. The molecule has 0 bridgehead atoms. The van der Waals surface area contributed by atoms with Crippen molar-refractivity contribution in [2.24, 2.45) is 0 Å². The van der Waals surface area contributed by atoms with Gasteiger partial charge in [-0.15, -0.1) is 0 Å². The Morgan fingerprint density at radius 2 is 1.75 bits per heavy atom. The molecule has 148 valence electrons. The van der Waals surface area contributed by atoms with Gasteiger partial charge in [0.05, 0.1) is 15.9 Å². The summed E-state index contributed by atoms with van der Waals surface area (Å²) in [6, 6.07) is 10.7. The number of rotatable bonds is 6. The second-order valence-corrected chi connectivity index (χ2v) is 8.42. The summed E-state index contributed by atoms with van der Waals surface area (Å²) in [5.74, 6) is -0.426. The lowest BCUT2D eigenvalue weighted by atomic mass is 10.2.